The number of rotatable bonds is 3. The first kappa shape index (κ1) is 18.1. The average molecular weight is 444 g/mol. The van der Waals surface area contributed by atoms with Gasteiger partial charge in [0.1, 0.15) is 5.57 Å². The van der Waals surface area contributed by atoms with E-state index >= 15 is 0 Å². The first-order valence-electron chi connectivity index (χ1n) is 8.72. The highest BCUT2D eigenvalue weighted by Crippen LogP contribution is 2.38. The molecule has 138 valence electrons. The van der Waals surface area contributed by atoms with Crippen molar-refractivity contribution in [3.8, 4) is 0 Å². The molecule has 2 aromatic rings. The van der Waals surface area contributed by atoms with Gasteiger partial charge in [0.25, 0.3) is 11.8 Å². The third-order valence-electron chi connectivity index (χ3n) is 4.92. The van der Waals surface area contributed by atoms with Crippen molar-refractivity contribution in [3.05, 3.63) is 57.3 Å². The van der Waals surface area contributed by atoms with E-state index in [-0.39, 0.29) is 10.7 Å². The Kier molecular flexibility index (Phi) is 4.52. The van der Waals surface area contributed by atoms with Gasteiger partial charge in [-0.2, -0.15) is 0 Å². The van der Waals surface area contributed by atoms with Crippen molar-refractivity contribution in [2.45, 2.75) is 32.7 Å². The molecule has 1 saturated carbocycles. The molecule has 4 rings (SSSR count). The third kappa shape index (κ3) is 3.26. The van der Waals surface area contributed by atoms with E-state index in [2.05, 4.69) is 32.7 Å². The van der Waals surface area contributed by atoms with Gasteiger partial charge in [0, 0.05) is 21.9 Å². The average Bonchev–Trinajstić information content (AvgIpc) is 3.39. The minimum absolute atomic E-state index is 0.0857. The minimum atomic E-state index is -0.463. The molecular weight excluding hydrogens is 426 g/mol. The molecule has 2 fully saturated rings. The van der Waals surface area contributed by atoms with Crippen LogP contribution in [0.15, 0.2) is 40.4 Å². The first-order valence-corrected chi connectivity index (χ1v) is 9.92. The van der Waals surface area contributed by atoms with Crippen LogP contribution in [0, 0.1) is 13.8 Å². The van der Waals surface area contributed by atoms with Gasteiger partial charge in [-0.15, -0.1) is 0 Å². The molecule has 1 aromatic carbocycles. The van der Waals surface area contributed by atoms with E-state index in [0.29, 0.717) is 11.7 Å². The van der Waals surface area contributed by atoms with E-state index in [1.165, 1.54) is 17.7 Å². The van der Waals surface area contributed by atoms with E-state index in [0.717, 1.165) is 21.4 Å². The van der Waals surface area contributed by atoms with Crippen LogP contribution in [-0.4, -0.2) is 21.5 Å². The number of hydrogen-bond donors (Lipinski definition) is 1. The maximum Gasteiger partial charge on any atom is 0.270 e. The number of aryl methyl sites for hydroxylation is 1. The van der Waals surface area contributed by atoms with Gasteiger partial charge in [-0.1, -0.05) is 15.9 Å². The number of aromatic nitrogens is 1. The molecule has 1 aliphatic carbocycles. The molecule has 1 saturated heterocycles. The summed E-state index contributed by atoms with van der Waals surface area (Å²) >= 11 is 8.62. The van der Waals surface area contributed by atoms with Crippen molar-refractivity contribution >= 4 is 56.8 Å². The van der Waals surface area contributed by atoms with Gasteiger partial charge in [0.05, 0.1) is 5.69 Å². The number of halogens is 1. The number of carbonyl (C=O) groups excluding carboxylic acids is 2. The standard InChI is InChI=1S/C20H18BrN3O2S/c1-11-9-13(12(2)23(11)15-7-8-15)10-17-18(25)22-20(27)24(19(17)26)16-5-3-14(21)4-6-16/h3-6,9-10,15H,7-8H2,1-2H3,(H,22,25,27). The van der Waals surface area contributed by atoms with Crippen molar-refractivity contribution in [2.24, 2.45) is 0 Å². The summed E-state index contributed by atoms with van der Waals surface area (Å²) in [6, 6.07) is 9.78. The maximum absolute atomic E-state index is 13.1. The summed E-state index contributed by atoms with van der Waals surface area (Å²) in [5.41, 5.74) is 3.81. The lowest BCUT2D eigenvalue weighted by Crippen LogP contribution is -2.54. The van der Waals surface area contributed by atoms with E-state index in [4.69, 9.17) is 12.2 Å². The summed E-state index contributed by atoms with van der Waals surface area (Å²) in [5, 5.41) is 2.72. The van der Waals surface area contributed by atoms with E-state index in [1.54, 1.807) is 18.2 Å². The van der Waals surface area contributed by atoms with Gasteiger partial charge in [-0.25, -0.2) is 0 Å². The number of benzene rings is 1. The van der Waals surface area contributed by atoms with Crippen LogP contribution in [-0.2, 0) is 9.59 Å². The lowest BCUT2D eigenvalue weighted by molar-refractivity contribution is -0.122. The molecule has 5 nitrogen and oxygen atoms in total. The van der Waals surface area contributed by atoms with Crippen LogP contribution in [0.5, 0.6) is 0 Å². The van der Waals surface area contributed by atoms with Gasteiger partial charge in [0.2, 0.25) is 0 Å². The monoisotopic (exact) mass is 443 g/mol. The topological polar surface area (TPSA) is 54.3 Å². The second-order valence-electron chi connectivity index (χ2n) is 6.86. The minimum Gasteiger partial charge on any atom is -0.346 e. The predicted molar refractivity (Wildman–Crippen MR) is 113 cm³/mol. The Morgan fingerprint density at radius 3 is 2.48 bits per heavy atom. The highest BCUT2D eigenvalue weighted by Gasteiger charge is 2.35. The summed E-state index contributed by atoms with van der Waals surface area (Å²) in [7, 11) is 0. The lowest BCUT2D eigenvalue weighted by Gasteiger charge is -2.29. The predicted octanol–water partition coefficient (Wildman–Crippen LogP) is 4.03. The highest BCUT2D eigenvalue weighted by molar-refractivity contribution is 9.10. The molecule has 27 heavy (non-hydrogen) atoms. The third-order valence-corrected chi connectivity index (χ3v) is 5.74. The van der Waals surface area contributed by atoms with Gasteiger partial charge in [0.15, 0.2) is 5.11 Å². The van der Waals surface area contributed by atoms with E-state index in [1.807, 2.05) is 25.1 Å². The quantitative estimate of drug-likeness (QED) is 0.442. The summed E-state index contributed by atoms with van der Waals surface area (Å²) < 4.78 is 3.18. The Morgan fingerprint density at radius 1 is 1.19 bits per heavy atom. The highest BCUT2D eigenvalue weighted by atomic mass is 79.9. The molecule has 0 bridgehead atoms. The summed E-state index contributed by atoms with van der Waals surface area (Å²) in [5.74, 6) is -0.878. The summed E-state index contributed by atoms with van der Waals surface area (Å²) in [6.07, 6.45) is 4.03. The smallest absolute Gasteiger partial charge is 0.270 e. The van der Waals surface area contributed by atoms with Crippen LogP contribution in [0.3, 0.4) is 0 Å². The maximum atomic E-state index is 13.1. The molecule has 0 radical (unpaired) electrons. The molecule has 0 atom stereocenters. The van der Waals surface area contributed by atoms with Crippen LogP contribution in [0.4, 0.5) is 5.69 Å². The number of hydrogen-bond acceptors (Lipinski definition) is 3. The zero-order valence-electron chi connectivity index (χ0n) is 15.0. The van der Waals surface area contributed by atoms with E-state index < -0.39 is 11.8 Å². The van der Waals surface area contributed by atoms with Crippen LogP contribution in [0.2, 0.25) is 0 Å². The fraction of sp³-hybridized carbons (Fsp3) is 0.250. The number of nitrogens with zero attached hydrogens (tertiary/aromatic N) is 2. The Morgan fingerprint density at radius 2 is 1.85 bits per heavy atom. The van der Waals surface area contributed by atoms with Gasteiger partial charge < -0.3 is 4.57 Å². The Bertz CT molecular complexity index is 1000. The fourth-order valence-corrected chi connectivity index (χ4v) is 4.03. The molecule has 1 aromatic heterocycles. The lowest BCUT2D eigenvalue weighted by atomic mass is 10.1. The molecule has 1 N–H and O–H groups in total. The van der Waals surface area contributed by atoms with Gasteiger partial charge >= 0.3 is 0 Å². The Hall–Kier alpha value is -2.25. The molecule has 0 spiro atoms. The molecule has 2 aliphatic rings. The van der Waals surface area contributed by atoms with Crippen molar-refractivity contribution in [3.63, 3.8) is 0 Å². The van der Waals surface area contributed by atoms with Gasteiger partial charge in [-0.3, -0.25) is 19.8 Å². The first-order chi connectivity index (χ1) is 12.9. The van der Waals surface area contributed by atoms with Crippen molar-refractivity contribution in [1.82, 2.24) is 9.88 Å². The van der Waals surface area contributed by atoms with Crippen molar-refractivity contribution < 1.29 is 9.59 Å². The number of anilines is 1. The number of amides is 2. The molecule has 1 aliphatic heterocycles. The van der Waals surface area contributed by atoms with Crippen LogP contribution in [0.25, 0.3) is 6.08 Å². The molecule has 2 heterocycles. The van der Waals surface area contributed by atoms with Crippen molar-refractivity contribution in [2.75, 3.05) is 4.90 Å². The van der Waals surface area contributed by atoms with Crippen molar-refractivity contribution in [1.29, 1.82) is 0 Å². The zero-order valence-corrected chi connectivity index (χ0v) is 17.4. The second kappa shape index (κ2) is 6.73. The number of carbonyl (C=O) groups is 2. The van der Waals surface area contributed by atoms with Crippen LogP contribution >= 0.6 is 28.1 Å². The number of thiocarbonyl (C=S) groups is 1. The summed E-state index contributed by atoms with van der Waals surface area (Å²) in [6.45, 7) is 4.08. The van der Waals surface area contributed by atoms with E-state index in [9.17, 15) is 9.59 Å². The largest absolute Gasteiger partial charge is 0.346 e. The zero-order chi connectivity index (χ0) is 19.3. The molecule has 2 amide bonds. The normalized spacial score (nSPS) is 19.0. The van der Waals surface area contributed by atoms with Gasteiger partial charge in [-0.05, 0) is 80.9 Å². The Labute approximate surface area is 171 Å². The van der Waals surface area contributed by atoms with Crippen LogP contribution in [0.1, 0.15) is 35.8 Å². The van der Waals surface area contributed by atoms with Crippen LogP contribution < -0.4 is 10.2 Å². The fourth-order valence-electron chi connectivity index (χ4n) is 3.48. The molecule has 7 heteroatoms. The number of nitrogens with one attached hydrogen (secondary N) is 1. The Balaban J connectivity index is 1.73. The molecule has 0 unspecified atom stereocenters. The SMILES string of the molecule is Cc1cc(C=C2C(=O)NC(=S)N(c3ccc(Br)cc3)C2=O)c(C)n1C1CC1. The second-order valence-corrected chi connectivity index (χ2v) is 8.16. The summed E-state index contributed by atoms with van der Waals surface area (Å²) in [4.78, 5) is 26.9. The molecular formula is C20H18BrN3O2S.